The Kier molecular flexibility index (Phi) is 6.11. The molecular weight excluding hydrogens is 382 g/mol. The summed E-state index contributed by atoms with van der Waals surface area (Å²) < 4.78 is 32.5. The number of carbonyl (C=O) groups excluding carboxylic acids is 1. The number of rotatable bonds is 6. The summed E-state index contributed by atoms with van der Waals surface area (Å²) in [7, 11) is 1.12. The second-order valence-electron chi connectivity index (χ2n) is 7.06. The van der Waals surface area contributed by atoms with Crippen LogP contribution in [0, 0.1) is 5.92 Å². The highest BCUT2D eigenvalue weighted by atomic mass is 32.2. The average Bonchev–Trinajstić information content (AvgIpc) is 3.16. The first-order valence-corrected chi connectivity index (χ1v) is 10.5. The molecule has 0 unspecified atom stereocenters. The molecule has 28 heavy (non-hydrogen) atoms. The molecule has 152 valence electrons. The molecule has 1 atom stereocenters. The van der Waals surface area contributed by atoms with Gasteiger partial charge in [-0.1, -0.05) is 35.5 Å². The molecule has 0 aliphatic carbocycles. The van der Waals surface area contributed by atoms with Crippen LogP contribution in [0.4, 0.5) is 0 Å². The number of benzene rings is 1. The highest BCUT2D eigenvalue weighted by Gasteiger charge is 2.34. The van der Waals surface area contributed by atoms with Gasteiger partial charge in [-0.05, 0) is 12.8 Å². The molecule has 1 aromatic heterocycles. The van der Waals surface area contributed by atoms with Crippen LogP contribution in [0.15, 0.2) is 34.9 Å². The largest absolute Gasteiger partial charge is 0.337 e. The fourth-order valence-corrected chi connectivity index (χ4v) is 4.39. The number of nitrogens with zero attached hydrogens (tertiary/aromatic N) is 5. The molecule has 10 heteroatoms. The Morgan fingerprint density at radius 1 is 1.25 bits per heavy atom. The normalized spacial score (nSPS) is 18.4. The van der Waals surface area contributed by atoms with Gasteiger partial charge in [0.15, 0.2) is 0 Å². The van der Waals surface area contributed by atoms with E-state index in [9.17, 15) is 13.2 Å². The summed E-state index contributed by atoms with van der Waals surface area (Å²) in [5.41, 5.74) is 0.836. The van der Waals surface area contributed by atoms with Crippen LogP contribution in [0.2, 0.25) is 0 Å². The minimum absolute atomic E-state index is 0.127. The predicted molar refractivity (Wildman–Crippen MR) is 103 cm³/mol. The van der Waals surface area contributed by atoms with Crippen molar-refractivity contribution in [1.29, 1.82) is 0 Å². The minimum Gasteiger partial charge on any atom is -0.337 e. The van der Waals surface area contributed by atoms with Gasteiger partial charge in [-0.25, -0.2) is 0 Å². The van der Waals surface area contributed by atoms with Gasteiger partial charge in [-0.2, -0.15) is 22.0 Å². The molecule has 1 aromatic carbocycles. The van der Waals surface area contributed by atoms with Crippen molar-refractivity contribution < 1.29 is 17.7 Å². The monoisotopic (exact) mass is 407 g/mol. The van der Waals surface area contributed by atoms with Crippen LogP contribution < -0.4 is 0 Å². The summed E-state index contributed by atoms with van der Waals surface area (Å²) in [6.07, 6.45) is 1.30. The Morgan fingerprint density at radius 3 is 2.64 bits per heavy atom. The highest BCUT2D eigenvalue weighted by Crippen LogP contribution is 2.22. The first-order valence-electron chi connectivity index (χ1n) is 9.09. The van der Waals surface area contributed by atoms with Crippen molar-refractivity contribution >= 4 is 16.1 Å². The third kappa shape index (κ3) is 4.40. The molecule has 1 amide bonds. The second-order valence-corrected chi connectivity index (χ2v) is 9.20. The number of aromatic nitrogens is 2. The van der Waals surface area contributed by atoms with E-state index in [0.717, 1.165) is 5.56 Å². The minimum atomic E-state index is -3.52. The Labute approximate surface area is 165 Å². The van der Waals surface area contributed by atoms with Crippen molar-refractivity contribution in [1.82, 2.24) is 23.7 Å². The summed E-state index contributed by atoms with van der Waals surface area (Å²) in [5.74, 6) is 0.295. The summed E-state index contributed by atoms with van der Waals surface area (Å²) in [6.45, 7) is 0.788. The quantitative estimate of drug-likeness (QED) is 0.714. The molecule has 1 aliphatic rings. The van der Waals surface area contributed by atoms with Gasteiger partial charge in [0.2, 0.25) is 17.6 Å². The van der Waals surface area contributed by atoms with E-state index in [2.05, 4.69) is 10.1 Å². The molecule has 0 radical (unpaired) electrons. The van der Waals surface area contributed by atoms with Crippen LogP contribution in [-0.2, 0) is 21.5 Å². The zero-order chi connectivity index (χ0) is 20.3. The van der Waals surface area contributed by atoms with Crippen molar-refractivity contribution in [2.75, 3.05) is 34.2 Å². The summed E-state index contributed by atoms with van der Waals surface area (Å²) in [5, 5.41) is 3.96. The third-order valence-electron chi connectivity index (χ3n) is 4.77. The number of hydrogen-bond donors (Lipinski definition) is 0. The van der Waals surface area contributed by atoms with E-state index >= 15 is 0 Å². The molecule has 2 heterocycles. The van der Waals surface area contributed by atoms with Gasteiger partial charge in [0.1, 0.15) is 0 Å². The van der Waals surface area contributed by atoms with E-state index in [4.69, 9.17) is 4.52 Å². The number of amides is 1. The highest BCUT2D eigenvalue weighted by molar-refractivity contribution is 7.86. The zero-order valence-corrected chi connectivity index (χ0v) is 17.1. The SMILES string of the molecule is CN(Cc1nc(-c2ccccc2)no1)C(=O)[C@H]1CCCN(S(=O)(=O)N(C)C)C1. The summed E-state index contributed by atoms with van der Waals surface area (Å²) in [4.78, 5) is 18.7. The molecule has 0 N–H and O–H groups in total. The Bertz CT molecular complexity index is 913. The number of carbonyl (C=O) groups is 1. The Hall–Kier alpha value is -2.30. The van der Waals surface area contributed by atoms with Gasteiger partial charge >= 0.3 is 0 Å². The van der Waals surface area contributed by atoms with E-state index in [1.807, 2.05) is 30.3 Å². The Balaban J connectivity index is 1.64. The van der Waals surface area contributed by atoms with Crippen molar-refractivity contribution in [3.63, 3.8) is 0 Å². The van der Waals surface area contributed by atoms with Gasteiger partial charge in [0.25, 0.3) is 10.2 Å². The van der Waals surface area contributed by atoms with E-state index in [1.165, 1.54) is 27.6 Å². The van der Waals surface area contributed by atoms with Gasteiger partial charge in [-0.3, -0.25) is 4.79 Å². The maximum atomic E-state index is 12.8. The lowest BCUT2D eigenvalue weighted by molar-refractivity contribution is -0.136. The van der Waals surface area contributed by atoms with E-state index in [-0.39, 0.29) is 24.9 Å². The topological polar surface area (TPSA) is 99.9 Å². The van der Waals surface area contributed by atoms with Crippen LogP contribution in [0.3, 0.4) is 0 Å². The smallest absolute Gasteiger partial charge is 0.281 e. The predicted octanol–water partition coefficient (Wildman–Crippen LogP) is 1.21. The Morgan fingerprint density at radius 2 is 1.96 bits per heavy atom. The fraction of sp³-hybridized carbons (Fsp3) is 0.500. The van der Waals surface area contributed by atoms with Crippen LogP contribution in [-0.4, -0.2) is 72.2 Å². The van der Waals surface area contributed by atoms with Crippen LogP contribution in [0.25, 0.3) is 11.4 Å². The fourth-order valence-electron chi connectivity index (χ4n) is 3.20. The zero-order valence-electron chi connectivity index (χ0n) is 16.3. The lowest BCUT2D eigenvalue weighted by Gasteiger charge is -2.34. The van der Waals surface area contributed by atoms with E-state index in [0.29, 0.717) is 31.1 Å². The maximum absolute atomic E-state index is 12.8. The van der Waals surface area contributed by atoms with Crippen molar-refractivity contribution in [3.8, 4) is 11.4 Å². The average molecular weight is 407 g/mol. The molecule has 2 aromatic rings. The maximum Gasteiger partial charge on any atom is 0.281 e. The first kappa shape index (κ1) is 20.4. The lowest BCUT2D eigenvalue weighted by atomic mass is 9.98. The second kappa shape index (κ2) is 8.38. The molecule has 0 spiro atoms. The van der Waals surface area contributed by atoms with Crippen LogP contribution >= 0.6 is 0 Å². The number of hydrogen-bond acceptors (Lipinski definition) is 6. The van der Waals surface area contributed by atoms with E-state index in [1.54, 1.807) is 7.05 Å². The molecule has 3 rings (SSSR count). The molecule has 1 fully saturated rings. The lowest BCUT2D eigenvalue weighted by Crippen LogP contribution is -2.49. The molecule has 0 bridgehead atoms. The number of piperidine rings is 1. The molecule has 1 aliphatic heterocycles. The van der Waals surface area contributed by atoms with Gasteiger partial charge < -0.3 is 9.42 Å². The molecule has 1 saturated heterocycles. The third-order valence-corrected chi connectivity index (χ3v) is 6.68. The van der Waals surface area contributed by atoms with Gasteiger partial charge in [0.05, 0.1) is 12.5 Å². The van der Waals surface area contributed by atoms with Crippen LogP contribution in [0.1, 0.15) is 18.7 Å². The molecule has 9 nitrogen and oxygen atoms in total. The summed E-state index contributed by atoms with van der Waals surface area (Å²) in [6, 6.07) is 9.44. The molecular formula is C18H25N5O4S. The first-order chi connectivity index (χ1) is 13.3. The standard InChI is InChI=1S/C18H25N5O4S/c1-21(2)28(25,26)23-11-7-10-15(12-23)18(24)22(3)13-16-19-17(20-27-16)14-8-5-4-6-9-14/h4-6,8-9,15H,7,10-13H2,1-3H3/t15-/m0/s1. The van der Waals surface area contributed by atoms with Gasteiger partial charge in [0, 0.05) is 39.8 Å². The van der Waals surface area contributed by atoms with Crippen molar-refractivity contribution in [2.24, 2.45) is 5.92 Å². The van der Waals surface area contributed by atoms with Crippen LogP contribution in [0.5, 0.6) is 0 Å². The van der Waals surface area contributed by atoms with Crippen molar-refractivity contribution in [3.05, 3.63) is 36.2 Å². The van der Waals surface area contributed by atoms with Crippen molar-refractivity contribution in [2.45, 2.75) is 19.4 Å². The van der Waals surface area contributed by atoms with Gasteiger partial charge in [-0.15, -0.1) is 0 Å². The summed E-state index contributed by atoms with van der Waals surface area (Å²) >= 11 is 0. The van der Waals surface area contributed by atoms with E-state index < -0.39 is 10.2 Å². The molecule has 0 saturated carbocycles.